The zero-order valence-electron chi connectivity index (χ0n) is 14.6. The Morgan fingerprint density at radius 3 is 2.31 bits per heavy atom. The van der Waals surface area contributed by atoms with Crippen molar-refractivity contribution in [2.24, 2.45) is 0 Å². The second-order valence-electron chi connectivity index (χ2n) is 5.96. The maximum Gasteiger partial charge on any atom is 0.175 e. The molecule has 3 aromatic rings. The van der Waals surface area contributed by atoms with Gasteiger partial charge in [-0.25, -0.2) is 12.8 Å². The molecular formula is C20H17FN2O2S. The lowest BCUT2D eigenvalue weighted by atomic mass is 10.0. The van der Waals surface area contributed by atoms with Gasteiger partial charge in [-0.3, -0.25) is 0 Å². The van der Waals surface area contributed by atoms with Gasteiger partial charge in [-0.05, 0) is 43.2 Å². The molecule has 0 aliphatic heterocycles. The maximum absolute atomic E-state index is 14.0. The van der Waals surface area contributed by atoms with Gasteiger partial charge in [0.2, 0.25) is 0 Å². The number of sulfone groups is 1. The molecule has 0 amide bonds. The van der Waals surface area contributed by atoms with Crippen LogP contribution in [0.3, 0.4) is 0 Å². The summed E-state index contributed by atoms with van der Waals surface area (Å²) in [6.45, 7) is 3.41. The van der Waals surface area contributed by atoms with E-state index in [4.69, 9.17) is 0 Å². The monoisotopic (exact) mass is 368 g/mol. The van der Waals surface area contributed by atoms with Gasteiger partial charge in [0.15, 0.2) is 9.84 Å². The maximum atomic E-state index is 14.0. The number of hydrogen-bond acceptors (Lipinski definition) is 3. The van der Waals surface area contributed by atoms with Crippen LogP contribution in [0.4, 0.5) is 4.39 Å². The highest BCUT2D eigenvalue weighted by Crippen LogP contribution is 2.32. The minimum atomic E-state index is -3.28. The largest absolute Gasteiger partial charge is 0.224 e. The van der Waals surface area contributed by atoms with Crippen LogP contribution in [0.5, 0.6) is 0 Å². The molecule has 4 nitrogen and oxygen atoms in total. The normalized spacial score (nSPS) is 11.1. The summed E-state index contributed by atoms with van der Waals surface area (Å²) in [5, 5.41) is 4.46. The third kappa shape index (κ3) is 3.53. The van der Waals surface area contributed by atoms with Crippen LogP contribution in [-0.4, -0.2) is 24.5 Å². The van der Waals surface area contributed by atoms with E-state index >= 15 is 0 Å². The molecule has 0 fully saturated rings. The molecule has 0 saturated heterocycles. The number of aryl methyl sites for hydroxylation is 1. The molecule has 0 radical (unpaired) electrons. The van der Waals surface area contributed by atoms with E-state index in [1.54, 1.807) is 38.2 Å². The first-order valence-electron chi connectivity index (χ1n) is 7.89. The molecule has 6 heteroatoms. The van der Waals surface area contributed by atoms with E-state index in [0.717, 1.165) is 17.4 Å². The lowest BCUT2D eigenvalue weighted by Gasteiger charge is -2.05. The van der Waals surface area contributed by atoms with Gasteiger partial charge in [0.05, 0.1) is 4.90 Å². The van der Waals surface area contributed by atoms with E-state index in [0.29, 0.717) is 16.8 Å². The molecule has 0 aliphatic carbocycles. The van der Waals surface area contributed by atoms with Crippen molar-refractivity contribution in [3.05, 3.63) is 60.0 Å². The number of aromatic nitrogens is 2. The van der Waals surface area contributed by atoms with E-state index in [1.807, 2.05) is 6.07 Å². The number of nitrogens with zero attached hydrogens (tertiary/aromatic N) is 2. The van der Waals surface area contributed by atoms with Gasteiger partial charge >= 0.3 is 0 Å². The second kappa shape index (κ2) is 6.77. The Kier molecular flexibility index (Phi) is 4.66. The minimum Gasteiger partial charge on any atom is -0.224 e. The summed E-state index contributed by atoms with van der Waals surface area (Å²) in [6.07, 6.45) is 2.90. The van der Waals surface area contributed by atoms with Crippen LogP contribution in [0.2, 0.25) is 0 Å². The molecule has 0 aliphatic rings. The topological polar surface area (TPSA) is 52.0 Å². The molecule has 26 heavy (non-hydrogen) atoms. The van der Waals surface area contributed by atoms with E-state index < -0.39 is 9.84 Å². The predicted octanol–water partition coefficient (Wildman–Crippen LogP) is 3.90. The van der Waals surface area contributed by atoms with E-state index in [1.165, 1.54) is 22.9 Å². The quantitative estimate of drug-likeness (QED) is 0.659. The van der Waals surface area contributed by atoms with Crippen molar-refractivity contribution in [1.29, 1.82) is 0 Å². The average Bonchev–Trinajstić information content (AvgIpc) is 3.01. The first kappa shape index (κ1) is 17.9. The molecule has 1 aromatic heterocycles. The van der Waals surface area contributed by atoms with Gasteiger partial charge < -0.3 is 0 Å². The van der Waals surface area contributed by atoms with Gasteiger partial charge in [0, 0.05) is 29.6 Å². The third-order valence-corrected chi connectivity index (χ3v) is 5.11. The van der Waals surface area contributed by atoms with Gasteiger partial charge in [0.1, 0.15) is 11.5 Å². The molecule has 0 saturated carbocycles. The Balaban J connectivity index is 2.16. The van der Waals surface area contributed by atoms with Gasteiger partial charge in [-0.15, -0.1) is 0 Å². The molecule has 0 unspecified atom stereocenters. The molecule has 0 spiro atoms. The number of benzene rings is 2. The highest BCUT2D eigenvalue weighted by Gasteiger charge is 2.15. The number of rotatable bonds is 3. The smallest absolute Gasteiger partial charge is 0.175 e. The van der Waals surface area contributed by atoms with Crippen molar-refractivity contribution < 1.29 is 12.8 Å². The lowest BCUT2D eigenvalue weighted by molar-refractivity contribution is 0.602. The fourth-order valence-corrected chi connectivity index (χ4v) is 3.22. The Bertz CT molecular complexity index is 1130. The number of halogens is 1. The van der Waals surface area contributed by atoms with Gasteiger partial charge in [0.25, 0.3) is 0 Å². The Labute approximate surface area is 152 Å². The van der Waals surface area contributed by atoms with Crippen LogP contribution in [-0.2, 0) is 9.84 Å². The van der Waals surface area contributed by atoms with E-state index in [9.17, 15) is 12.8 Å². The van der Waals surface area contributed by atoms with Crippen LogP contribution in [0.1, 0.15) is 12.5 Å². The summed E-state index contributed by atoms with van der Waals surface area (Å²) in [5.41, 5.74) is 3.30. The fraction of sp³-hybridized carbons (Fsp3) is 0.150. The first-order chi connectivity index (χ1) is 12.3. The third-order valence-electron chi connectivity index (χ3n) is 3.98. The van der Waals surface area contributed by atoms with Crippen molar-refractivity contribution in [2.45, 2.75) is 18.7 Å². The number of hydrogen-bond donors (Lipinski definition) is 0. The van der Waals surface area contributed by atoms with Crippen LogP contribution < -0.4 is 0 Å². The summed E-state index contributed by atoms with van der Waals surface area (Å²) in [7, 11) is -3.28. The van der Waals surface area contributed by atoms with E-state index in [2.05, 4.69) is 17.1 Å². The van der Waals surface area contributed by atoms with Crippen LogP contribution in [0.25, 0.3) is 22.4 Å². The zero-order valence-corrected chi connectivity index (χ0v) is 15.4. The SMILES string of the molecule is CC#Cn1cc(-c2ccc(C)c(F)c2)c(-c2ccc(S(C)(=O)=O)cc2)n1. The van der Waals surface area contributed by atoms with Crippen molar-refractivity contribution in [1.82, 2.24) is 9.78 Å². The zero-order chi connectivity index (χ0) is 18.9. The lowest BCUT2D eigenvalue weighted by Crippen LogP contribution is -1.96. The fourth-order valence-electron chi connectivity index (χ4n) is 2.59. The summed E-state index contributed by atoms with van der Waals surface area (Å²) in [6, 6.07) is 14.3. The molecule has 0 bridgehead atoms. The highest BCUT2D eigenvalue weighted by molar-refractivity contribution is 7.90. The molecule has 2 aromatic carbocycles. The Hall–Kier alpha value is -2.91. The average molecular weight is 368 g/mol. The predicted molar refractivity (Wildman–Crippen MR) is 99.8 cm³/mol. The molecule has 0 N–H and O–H groups in total. The second-order valence-corrected chi connectivity index (χ2v) is 7.97. The van der Waals surface area contributed by atoms with Gasteiger partial charge in [-0.1, -0.05) is 30.2 Å². The van der Waals surface area contributed by atoms with Crippen molar-refractivity contribution in [3.63, 3.8) is 0 Å². The first-order valence-corrected chi connectivity index (χ1v) is 9.78. The van der Waals surface area contributed by atoms with E-state index in [-0.39, 0.29) is 10.7 Å². The van der Waals surface area contributed by atoms with Crippen molar-refractivity contribution in [3.8, 4) is 34.3 Å². The molecule has 3 rings (SSSR count). The summed E-state index contributed by atoms with van der Waals surface area (Å²) in [5.74, 6) is 2.48. The Morgan fingerprint density at radius 1 is 1.08 bits per heavy atom. The molecule has 132 valence electrons. The summed E-state index contributed by atoms with van der Waals surface area (Å²) < 4.78 is 38.8. The van der Waals surface area contributed by atoms with Gasteiger partial charge in [-0.2, -0.15) is 9.78 Å². The van der Waals surface area contributed by atoms with Crippen LogP contribution in [0.15, 0.2) is 53.6 Å². The highest BCUT2D eigenvalue weighted by atomic mass is 32.2. The standard InChI is InChI=1S/C20H17FN2O2S/c1-4-11-23-13-18(16-6-5-14(2)19(21)12-16)20(22-23)15-7-9-17(10-8-15)26(3,24)25/h5-10,12-13H,1-3H3. The van der Waals surface area contributed by atoms with Crippen molar-refractivity contribution in [2.75, 3.05) is 6.26 Å². The molecule has 0 atom stereocenters. The molecular weight excluding hydrogens is 351 g/mol. The van der Waals surface area contributed by atoms with Crippen molar-refractivity contribution >= 4 is 9.84 Å². The minimum absolute atomic E-state index is 0.233. The Morgan fingerprint density at radius 2 is 1.73 bits per heavy atom. The summed E-state index contributed by atoms with van der Waals surface area (Å²) in [4.78, 5) is 0.233. The van der Waals surface area contributed by atoms with Crippen LogP contribution >= 0.6 is 0 Å². The van der Waals surface area contributed by atoms with Crippen LogP contribution in [0, 0.1) is 24.7 Å². The summed E-state index contributed by atoms with van der Waals surface area (Å²) >= 11 is 0. The molecule has 1 heterocycles.